The van der Waals surface area contributed by atoms with Crippen LogP contribution in [0.2, 0.25) is 36.3 Å². The van der Waals surface area contributed by atoms with Crippen molar-refractivity contribution in [3.63, 3.8) is 0 Å². The Kier molecular flexibility index (Phi) is 7.95. The molecule has 38 heavy (non-hydrogen) atoms. The first kappa shape index (κ1) is 30.9. The van der Waals surface area contributed by atoms with E-state index >= 15 is 0 Å². The van der Waals surface area contributed by atoms with Crippen molar-refractivity contribution in [2.24, 2.45) is 5.73 Å². The Labute approximate surface area is 228 Å². The van der Waals surface area contributed by atoms with Crippen molar-refractivity contribution in [3.05, 3.63) is 23.0 Å². The molecule has 216 valence electrons. The van der Waals surface area contributed by atoms with E-state index < -0.39 is 56.7 Å². The van der Waals surface area contributed by atoms with Crippen LogP contribution in [-0.4, -0.2) is 77.4 Å². The van der Waals surface area contributed by atoms with Crippen molar-refractivity contribution < 1.29 is 31.0 Å². The van der Waals surface area contributed by atoms with Gasteiger partial charge in [-0.05, 0) is 36.3 Å². The van der Waals surface area contributed by atoms with Crippen LogP contribution in [0.4, 0.5) is 0 Å². The van der Waals surface area contributed by atoms with Crippen LogP contribution in [0.5, 0.6) is 0 Å². The average molecular weight is 590 g/mol. The minimum Gasteiger partial charge on any atom is -0.414 e. The lowest BCUT2D eigenvalue weighted by molar-refractivity contribution is -0.0601. The SMILES string of the molecule is CNC(=O)c1cnnn1[C@@H]1O[C@H](CO[Si](C)(C)C(C)(C)C)C2(OS(=O)(=O)C=C2N)[C@H]1O[Si](C)(C)C(C)(C)C. The molecule has 2 aliphatic rings. The van der Waals surface area contributed by atoms with Gasteiger partial charge in [-0.1, -0.05) is 46.8 Å². The number of carbonyl (C=O) groups is 1. The third-order valence-corrected chi connectivity index (χ3v) is 18.4. The fourth-order valence-electron chi connectivity index (χ4n) is 3.91. The maximum Gasteiger partial charge on any atom is 0.292 e. The van der Waals surface area contributed by atoms with Crippen molar-refractivity contribution >= 4 is 32.7 Å². The Hall–Kier alpha value is -1.63. The largest absolute Gasteiger partial charge is 0.414 e. The van der Waals surface area contributed by atoms with Gasteiger partial charge >= 0.3 is 0 Å². The molecule has 3 heterocycles. The van der Waals surface area contributed by atoms with Crippen molar-refractivity contribution in [2.75, 3.05) is 13.7 Å². The zero-order valence-corrected chi connectivity index (χ0v) is 27.1. The molecule has 3 N–H and O–H groups in total. The Morgan fingerprint density at radius 3 is 2.21 bits per heavy atom. The highest BCUT2D eigenvalue weighted by Gasteiger charge is 2.67. The molecular formula is C23H43N5O7SSi2. The summed E-state index contributed by atoms with van der Waals surface area (Å²) in [5.74, 6) is -0.442. The predicted molar refractivity (Wildman–Crippen MR) is 148 cm³/mol. The molecule has 0 radical (unpaired) electrons. The molecular weight excluding hydrogens is 547 g/mol. The Morgan fingerprint density at radius 1 is 1.16 bits per heavy atom. The van der Waals surface area contributed by atoms with Gasteiger partial charge in [0.05, 0.1) is 23.9 Å². The number of amides is 1. The lowest BCUT2D eigenvalue weighted by atomic mass is 9.89. The summed E-state index contributed by atoms with van der Waals surface area (Å²) in [4.78, 5) is 12.7. The van der Waals surface area contributed by atoms with Gasteiger partial charge in [0.25, 0.3) is 16.0 Å². The van der Waals surface area contributed by atoms with Crippen LogP contribution in [-0.2, 0) is 27.9 Å². The van der Waals surface area contributed by atoms with Crippen molar-refractivity contribution in [1.82, 2.24) is 20.3 Å². The molecule has 1 saturated heterocycles. The van der Waals surface area contributed by atoms with Crippen LogP contribution in [0, 0.1) is 0 Å². The quantitative estimate of drug-likeness (QED) is 0.358. The molecule has 2 aliphatic heterocycles. The first-order valence-corrected chi connectivity index (χ1v) is 19.9. The first-order valence-electron chi connectivity index (χ1n) is 12.6. The molecule has 4 atom stereocenters. The van der Waals surface area contributed by atoms with E-state index in [9.17, 15) is 13.2 Å². The molecule has 0 aliphatic carbocycles. The number of aromatic nitrogens is 3. The molecule has 1 spiro atoms. The molecule has 0 bridgehead atoms. The normalized spacial score (nSPS) is 28.1. The highest BCUT2D eigenvalue weighted by Crippen LogP contribution is 2.52. The average Bonchev–Trinajstić information content (AvgIpc) is 3.40. The molecule has 1 unspecified atom stereocenters. The number of nitrogens with one attached hydrogen (secondary N) is 1. The highest BCUT2D eigenvalue weighted by molar-refractivity contribution is 7.90. The van der Waals surface area contributed by atoms with Crippen LogP contribution in [0.15, 0.2) is 17.3 Å². The van der Waals surface area contributed by atoms with E-state index in [0.29, 0.717) is 0 Å². The second-order valence-corrected chi connectivity index (χ2v) is 23.9. The molecule has 3 rings (SSSR count). The van der Waals surface area contributed by atoms with E-state index in [1.807, 2.05) is 13.1 Å². The molecule has 1 amide bonds. The third-order valence-electron chi connectivity index (χ3n) is 8.35. The fraction of sp³-hybridized carbons (Fsp3) is 0.783. The van der Waals surface area contributed by atoms with Gasteiger partial charge in [0.15, 0.2) is 28.5 Å². The van der Waals surface area contributed by atoms with Crippen LogP contribution in [0.3, 0.4) is 0 Å². The second kappa shape index (κ2) is 9.78. The summed E-state index contributed by atoms with van der Waals surface area (Å²) in [6.45, 7) is 20.7. The zero-order chi connectivity index (χ0) is 29.1. The Balaban J connectivity index is 2.20. The summed E-state index contributed by atoms with van der Waals surface area (Å²) in [6, 6.07) is 0. The van der Waals surface area contributed by atoms with Gasteiger partial charge in [-0.25, -0.2) is 8.86 Å². The molecule has 12 nitrogen and oxygen atoms in total. The van der Waals surface area contributed by atoms with E-state index in [2.05, 4.69) is 70.3 Å². The van der Waals surface area contributed by atoms with E-state index in [1.54, 1.807) is 0 Å². The number of nitrogens with zero attached hydrogens (tertiary/aromatic N) is 3. The summed E-state index contributed by atoms with van der Waals surface area (Å²) >= 11 is 0. The highest BCUT2D eigenvalue weighted by atomic mass is 32.2. The van der Waals surface area contributed by atoms with Gasteiger partial charge in [-0.2, -0.15) is 8.42 Å². The molecule has 0 aromatic carbocycles. The van der Waals surface area contributed by atoms with Gasteiger partial charge in [0.1, 0.15) is 17.9 Å². The molecule has 15 heteroatoms. The monoisotopic (exact) mass is 589 g/mol. The lowest BCUT2D eigenvalue weighted by Crippen LogP contribution is -2.59. The van der Waals surface area contributed by atoms with Crippen molar-refractivity contribution in [2.45, 2.75) is 102 Å². The molecule has 1 fully saturated rings. The number of hydrogen-bond donors (Lipinski definition) is 2. The zero-order valence-electron chi connectivity index (χ0n) is 24.3. The number of ether oxygens (including phenoxy) is 1. The third kappa shape index (κ3) is 5.38. The van der Waals surface area contributed by atoms with Gasteiger partial charge in [-0.3, -0.25) is 4.79 Å². The maximum absolute atomic E-state index is 12.8. The van der Waals surface area contributed by atoms with Crippen LogP contribution in [0.25, 0.3) is 0 Å². The maximum atomic E-state index is 12.8. The second-order valence-electron chi connectivity index (χ2n) is 13.0. The summed E-state index contributed by atoms with van der Waals surface area (Å²) < 4.78 is 52.5. The van der Waals surface area contributed by atoms with Gasteiger partial charge in [0, 0.05) is 7.05 Å². The van der Waals surface area contributed by atoms with E-state index in [1.165, 1.54) is 17.9 Å². The van der Waals surface area contributed by atoms with Crippen LogP contribution in [0.1, 0.15) is 58.3 Å². The topological polar surface area (TPSA) is 157 Å². The molecule has 1 aromatic rings. The fourth-order valence-corrected chi connectivity index (χ4v) is 7.42. The Morgan fingerprint density at radius 2 is 1.74 bits per heavy atom. The van der Waals surface area contributed by atoms with Gasteiger partial charge in [0.2, 0.25) is 0 Å². The van der Waals surface area contributed by atoms with E-state index in [-0.39, 0.29) is 28.1 Å². The first-order chi connectivity index (χ1) is 17.1. The smallest absolute Gasteiger partial charge is 0.292 e. The van der Waals surface area contributed by atoms with Crippen molar-refractivity contribution in [1.29, 1.82) is 0 Å². The molecule has 0 saturated carbocycles. The number of nitrogens with two attached hydrogens (primary N) is 1. The van der Waals surface area contributed by atoms with Crippen molar-refractivity contribution in [3.8, 4) is 0 Å². The number of hydrogen-bond acceptors (Lipinski definition) is 10. The summed E-state index contributed by atoms with van der Waals surface area (Å²) in [5, 5.41) is 11.1. The van der Waals surface area contributed by atoms with E-state index in [0.717, 1.165) is 5.41 Å². The summed E-state index contributed by atoms with van der Waals surface area (Å²) in [5.41, 5.74) is 4.81. The standard InChI is InChI=1S/C23H43N5O7SSi2/c1-21(2,3)37(8,9)32-13-17-23(16(24)14-36(30,31)35-23)18(34-38(10,11)22(4,5)6)20(33-17)28-15(12-26-27-28)19(29)25-7/h12,14,17-18,20H,13,24H2,1-11H3,(H,25,29)/t17-,18+,20-,23?/m1/s1. The molecule has 1 aromatic heterocycles. The predicted octanol–water partition coefficient (Wildman–Crippen LogP) is 2.85. The summed E-state index contributed by atoms with van der Waals surface area (Å²) in [7, 11) is -7.55. The lowest BCUT2D eigenvalue weighted by Gasteiger charge is -2.43. The minimum atomic E-state index is -4.15. The number of rotatable bonds is 7. The van der Waals surface area contributed by atoms with Crippen LogP contribution < -0.4 is 11.1 Å². The van der Waals surface area contributed by atoms with Gasteiger partial charge in [-0.15, -0.1) is 5.10 Å². The van der Waals surface area contributed by atoms with Crippen LogP contribution >= 0.6 is 0 Å². The minimum absolute atomic E-state index is 0.00157. The number of carbonyl (C=O) groups excluding carboxylic acids is 1. The Bertz CT molecular complexity index is 1200. The summed E-state index contributed by atoms with van der Waals surface area (Å²) in [6.07, 6.45) is -1.82. The van der Waals surface area contributed by atoms with Gasteiger partial charge < -0.3 is 24.6 Å². The van der Waals surface area contributed by atoms with E-state index in [4.69, 9.17) is 23.5 Å².